The lowest BCUT2D eigenvalue weighted by atomic mass is 10.1. The highest BCUT2D eigenvalue weighted by Crippen LogP contribution is 2.22. The average molecular weight is 276 g/mol. The predicted octanol–water partition coefficient (Wildman–Crippen LogP) is 2.05. The van der Waals surface area contributed by atoms with Gasteiger partial charge in [0, 0.05) is 17.6 Å². The number of aromatic carboxylic acids is 1. The monoisotopic (exact) mass is 276 g/mol. The van der Waals surface area contributed by atoms with E-state index in [1.807, 2.05) is 0 Å². The Morgan fingerprint density at radius 2 is 1.95 bits per heavy atom. The zero-order valence-corrected chi connectivity index (χ0v) is 9.78. The maximum Gasteiger partial charge on any atom is 0.341 e. The summed E-state index contributed by atoms with van der Waals surface area (Å²) >= 11 is 0. The summed E-state index contributed by atoms with van der Waals surface area (Å²) < 4.78 is 26.5. The molecule has 0 saturated heterocycles. The Labute approximate surface area is 109 Å². The number of hydrogen-bond acceptors (Lipinski definition) is 3. The number of benzene rings is 1. The molecule has 0 saturated carbocycles. The molecule has 0 bridgehead atoms. The average Bonchev–Trinajstić information content (AvgIpc) is 2.40. The third kappa shape index (κ3) is 1.63. The van der Waals surface area contributed by atoms with Crippen molar-refractivity contribution in [1.82, 2.24) is 9.97 Å². The van der Waals surface area contributed by atoms with Gasteiger partial charge < -0.3 is 10.1 Å². The summed E-state index contributed by atoms with van der Waals surface area (Å²) in [6, 6.07) is 1.69. The van der Waals surface area contributed by atoms with Crippen LogP contribution in [0.15, 0.2) is 29.3 Å². The second-order valence-electron chi connectivity index (χ2n) is 4.17. The normalized spacial score (nSPS) is 11.1. The van der Waals surface area contributed by atoms with Crippen molar-refractivity contribution < 1.29 is 18.7 Å². The molecule has 0 aliphatic heterocycles. The second-order valence-corrected chi connectivity index (χ2v) is 4.17. The molecule has 3 aromatic rings. The van der Waals surface area contributed by atoms with Crippen LogP contribution in [-0.4, -0.2) is 21.0 Å². The Morgan fingerprint density at radius 1 is 1.25 bits per heavy atom. The lowest BCUT2D eigenvalue weighted by Crippen LogP contribution is -2.15. The molecule has 2 N–H and O–H groups in total. The first kappa shape index (κ1) is 12.2. The highest BCUT2D eigenvalue weighted by Gasteiger charge is 2.15. The highest BCUT2D eigenvalue weighted by molar-refractivity contribution is 6.05. The summed E-state index contributed by atoms with van der Waals surface area (Å²) in [5, 5.41) is 8.95. The van der Waals surface area contributed by atoms with Crippen molar-refractivity contribution in [2.75, 3.05) is 0 Å². The van der Waals surface area contributed by atoms with Gasteiger partial charge in [-0.15, -0.1) is 0 Å². The van der Waals surface area contributed by atoms with E-state index in [1.54, 1.807) is 0 Å². The van der Waals surface area contributed by atoms with Crippen molar-refractivity contribution in [3.8, 4) is 0 Å². The Bertz CT molecular complexity index is 934. The van der Waals surface area contributed by atoms with Crippen molar-refractivity contribution in [1.29, 1.82) is 0 Å². The molecule has 0 spiro atoms. The number of rotatable bonds is 1. The number of nitrogens with zero attached hydrogens (tertiary/aromatic N) is 1. The first-order chi connectivity index (χ1) is 9.49. The van der Waals surface area contributed by atoms with E-state index in [0.29, 0.717) is 0 Å². The van der Waals surface area contributed by atoms with Gasteiger partial charge in [0.25, 0.3) is 0 Å². The van der Waals surface area contributed by atoms with Gasteiger partial charge in [0.1, 0.15) is 5.56 Å². The molecule has 2 heterocycles. The van der Waals surface area contributed by atoms with Gasteiger partial charge in [0.05, 0.1) is 22.6 Å². The fourth-order valence-electron chi connectivity index (χ4n) is 2.05. The Kier molecular flexibility index (Phi) is 2.50. The van der Waals surface area contributed by atoms with Gasteiger partial charge in [-0.25, -0.2) is 13.6 Å². The molecule has 100 valence electrons. The van der Waals surface area contributed by atoms with Crippen molar-refractivity contribution in [2.45, 2.75) is 0 Å². The molecule has 2 aromatic heterocycles. The fraction of sp³-hybridized carbons (Fsp3) is 0. The maximum absolute atomic E-state index is 13.3. The summed E-state index contributed by atoms with van der Waals surface area (Å²) in [6.45, 7) is 0. The zero-order valence-electron chi connectivity index (χ0n) is 9.78. The van der Waals surface area contributed by atoms with Crippen LogP contribution in [0.25, 0.3) is 21.8 Å². The molecule has 3 rings (SSSR count). The predicted molar refractivity (Wildman–Crippen MR) is 66.7 cm³/mol. The van der Waals surface area contributed by atoms with E-state index < -0.39 is 28.6 Å². The number of nitrogens with one attached hydrogen (secondary N) is 1. The molecule has 20 heavy (non-hydrogen) atoms. The van der Waals surface area contributed by atoms with E-state index >= 15 is 0 Å². The van der Waals surface area contributed by atoms with Crippen LogP contribution in [0.4, 0.5) is 8.78 Å². The summed E-state index contributed by atoms with van der Waals surface area (Å²) in [4.78, 5) is 29.6. The number of pyridine rings is 2. The van der Waals surface area contributed by atoms with Crippen LogP contribution >= 0.6 is 0 Å². The molecule has 7 heteroatoms. The summed E-state index contributed by atoms with van der Waals surface area (Å²) in [6.07, 6.45) is 2.31. The molecule has 0 aliphatic rings. The maximum atomic E-state index is 13.3. The van der Waals surface area contributed by atoms with E-state index in [0.717, 1.165) is 18.3 Å². The lowest BCUT2D eigenvalue weighted by molar-refractivity contribution is 0.0695. The summed E-state index contributed by atoms with van der Waals surface area (Å²) in [5.41, 5.74) is -0.928. The number of carboxylic acid groups (broad SMARTS) is 1. The van der Waals surface area contributed by atoms with Crippen LogP contribution in [0.5, 0.6) is 0 Å². The molecular weight excluding hydrogens is 270 g/mol. The molecule has 0 radical (unpaired) electrons. The molecule has 0 atom stereocenters. The van der Waals surface area contributed by atoms with Crippen molar-refractivity contribution in [3.63, 3.8) is 0 Å². The van der Waals surface area contributed by atoms with E-state index in [4.69, 9.17) is 5.11 Å². The van der Waals surface area contributed by atoms with Crippen LogP contribution in [0.3, 0.4) is 0 Å². The molecule has 5 nitrogen and oxygen atoms in total. The molecule has 0 fully saturated rings. The third-order valence-corrected chi connectivity index (χ3v) is 2.98. The zero-order chi connectivity index (χ0) is 14.4. The number of H-pyrrole nitrogens is 1. The summed E-state index contributed by atoms with van der Waals surface area (Å²) in [7, 11) is 0. The van der Waals surface area contributed by atoms with Crippen LogP contribution < -0.4 is 5.43 Å². The van der Waals surface area contributed by atoms with Gasteiger partial charge >= 0.3 is 5.97 Å². The standard InChI is InChI=1S/C13H6F2N2O3/c14-7-1-5-9(2-8(7)15)17-4-10-11(5)12(18)6(3-16-10)13(19)20/h1-4H,(H,16,18)(H,19,20). The van der Waals surface area contributed by atoms with Crippen molar-refractivity contribution in [2.24, 2.45) is 0 Å². The van der Waals surface area contributed by atoms with Crippen LogP contribution in [0.1, 0.15) is 10.4 Å². The van der Waals surface area contributed by atoms with Crippen LogP contribution in [0, 0.1) is 11.6 Å². The van der Waals surface area contributed by atoms with Gasteiger partial charge in [-0.2, -0.15) is 0 Å². The first-order valence-corrected chi connectivity index (χ1v) is 5.51. The second kappa shape index (κ2) is 4.09. The topological polar surface area (TPSA) is 83.0 Å². The number of carbonyl (C=O) groups is 1. The highest BCUT2D eigenvalue weighted by atomic mass is 19.2. The molecule has 0 aliphatic carbocycles. The Balaban J connectivity index is 2.58. The van der Waals surface area contributed by atoms with Crippen molar-refractivity contribution >= 4 is 27.8 Å². The van der Waals surface area contributed by atoms with Crippen LogP contribution in [0.2, 0.25) is 0 Å². The molecular formula is C13H6F2N2O3. The quantitative estimate of drug-likeness (QED) is 0.666. The largest absolute Gasteiger partial charge is 0.477 e. The number of aromatic amines is 1. The Hall–Kier alpha value is -2.83. The SMILES string of the molecule is O=C(O)c1c[nH]c2cnc3cc(F)c(F)cc3c2c1=O. The number of hydrogen-bond donors (Lipinski definition) is 2. The Morgan fingerprint density at radius 3 is 2.65 bits per heavy atom. The number of carboxylic acids is 1. The molecule has 1 aromatic carbocycles. The minimum atomic E-state index is -1.40. The molecule has 0 unspecified atom stereocenters. The van der Waals surface area contributed by atoms with Crippen LogP contribution in [-0.2, 0) is 0 Å². The smallest absolute Gasteiger partial charge is 0.341 e. The van der Waals surface area contributed by atoms with E-state index in [2.05, 4.69) is 9.97 Å². The fourth-order valence-corrected chi connectivity index (χ4v) is 2.05. The van der Waals surface area contributed by atoms with Gasteiger partial charge in [0.2, 0.25) is 5.43 Å². The summed E-state index contributed by atoms with van der Waals surface area (Å²) in [5.74, 6) is -3.62. The number of aromatic nitrogens is 2. The van der Waals surface area contributed by atoms with Crippen molar-refractivity contribution in [3.05, 3.63) is 51.9 Å². The minimum Gasteiger partial charge on any atom is -0.477 e. The lowest BCUT2D eigenvalue weighted by Gasteiger charge is -2.04. The number of halogens is 2. The van der Waals surface area contributed by atoms with Gasteiger partial charge in [-0.1, -0.05) is 0 Å². The molecule has 0 amide bonds. The van der Waals surface area contributed by atoms with E-state index in [9.17, 15) is 18.4 Å². The van der Waals surface area contributed by atoms with E-state index in [-0.39, 0.29) is 21.8 Å². The minimum absolute atomic E-state index is 0.0335. The van der Waals surface area contributed by atoms with Gasteiger partial charge in [-0.05, 0) is 6.07 Å². The van der Waals surface area contributed by atoms with Gasteiger partial charge in [-0.3, -0.25) is 9.78 Å². The van der Waals surface area contributed by atoms with Gasteiger partial charge in [0.15, 0.2) is 11.6 Å². The van der Waals surface area contributed by atoms with E-state index in [1.165, 1.54) is 6.20 Å². The third-order valence-electron chi connectivity index (χ3n) is 2.98. The first-order valence-electron chi connectivity index (χ1n) is 5.51. The number of fused-ring (bicyclic) bond motifs is 3.